The molecule has 0 spiro atoms. The number of hydrogen-bond acceptors (Lipinski definition) is 2. The van der Waals surface area contributed by atoms with Crippen molar-refractivity contribution in [2.75, 3.05) is 0 Å². The zero-order chi connectivity index (χ0) is 26.3. The molecule has 1 aliphatic rings. The lowest BCUT2D eigenvalue weighted by Gasteiger charge is -2.27. The Labute approximate surface area is 220 Å². The minimum atomic E-state index is 0.113. The first-order valence-electron chi connectivity index (χ1n) is 13.4. The van der Waals surface area contributed by atoms with Crippen LogP contribution in [0.15, 0.2) is 54.7 Å². The molecule has 0 saturated heterocycles. The lowest BCUT2D eigenvalue weighted by molar-refractivity contribution is -0.659. The standard InChI is InChI=1S/C34H37N2O/c1-20-22-11-9-10-12-23(22)26(19-34(5,6)7)31-28(20)30-29-25(15-16-36(30)8)24-14-13-21(18-33(2,3)4)17-27(24)35-32(29)37-31/h9-17H,18-19H2,1-8H3/q+1. The molecule has 0 fully saturated rings. The van der Waals surface area contributed by atoms with Gasteiger partial charge in [-0.2, -0.15) is 0 Å². The zero-order valence-corrected chi connectivity index (χ0v) is 23.4. The Balaban J connectivity index is 1.71. The molecule has 0 N–H and O–H groups in total. The Morgan fingerprint density at radius 3 is 2.22 bits per heavy atom. The average Bonchev–Trinajstić information content (AvgIpc) is 2.81. The van der Waals surface area contributed by atoms with Crippen molar-refractivity contribution in [3.8, 4) is 22.9 Å². The summed E-state index contributed by atoms with van der Waals surface area (Å²) in [6, 6.07) is 17.8. The molecule has 3 aromatic carbocycles. The van der Waals surface area contributed by atoms with Crippen LogP contribution >= 0.6 is 0 Å². The third-order valence-corrected chi connectivity index (χ3v) is 7.52. The summed E-state index contributed by atoms with van der Waals surface area (Å²) < 4.78 is 9.14. The topological polar surface area (TPSA) is 26.0 Å². The largest absolute Gasteiger partial charge is 0.437 e. The van der Waals surface area contributed by atoms with E-state index in [0.29, 0.717) is 0 Å². The van der Waals surface area contributed by atoms with E-state index in [9.17, 15) is 0 Å². The molecule has 188 valence electrons. The molecule has 37 heavy (non-hydrogen) atoms. The van der Waals surface area contributed by atoms with Gasteiger partial charge in [0.05, 0.1) is 11.1 Å². The van der Waals surface area contributed by atoms with Crippen LogP contribution in [0.2, 0.25) is 0 Å². The van der Waals surface area contributed by atoms with E-state index < -0.39 is 0 Å². The number of hydrogen-bond donors (Lipinski definition) is 0. The average molecular weight is 490 g/mol. The summed E-state index contributed by atoms with van der Waals surface area (Å²) in [6.45, 7) is 16.0. The second kappa shape index (κ2) is 8.02. The molecule has 3 heteroatoms. The molecular formula is C34H37N2O+. The first-order chi connectivity index (χ1) is 17.4. The van der Waals surface area contributed by atoms with Crippen LogP contribution in [0.5, 0.6) is 11.6 Å². The molecule has 3 nitrogen and oxygen atoms in total. The number of pyridine rings is 2. The zero-order valence-electron chi connectivity index (χ0n) is 23.4. The molecule has 2 aromatic heterocycles. The summed E-state index contributed by atoms with van der Waals surface area (Å²) >= 11 is 0. The maximum absolute atomic E-state index is 6.89. The van der Waals surface area contributed by atoms with Crippen molar-refractivity contribution in [2.24, 2.45) is 17.9 Å². The molecule has 0 unspecified atom stereocenters. The molecule has 0 bridgehead atoms. The van der Waals surface area contributed by atoms with Crippen LogP contribution in [0.3, 0.4) is 0 Å². The van der Waals surface area contributed by atoms with Crippen molar-refractivity contribution in [1.29, 1.82) is 0 Å². The van der Waals surface area contributed by atoms with E-state index in [1.54, 1.807) is 0 Å². The molecule has 3 heterocycles. The van der Waals surface area contributed by atoms with Gasteiger partial charge >= 0.3 is 0 Å². The molecular weight excluding hydrogens is 452 g/mol. The maximum atomic E-state index is 6.89. The van der Waals surface area contributed by atoms with Gasteiger partial charge in [-0.05, 0) is 58.6 Å². The highest BCUT2D eigenvalue weighted by molar-refractivity contribution is 6.14. The molecule has 0 amide bonds. The quantitative estimate of drug-likeness (QED) is 0.180. The predicted octanol–water partition coefficient (Wildman–Crippen LogP) is 8.62. The van der Waals surface area contributed by atoms with E-state index in [4.69, 9.17) is 9.72 Å². The lowest BCUT2D eigenvalue weighted by atomic mass is 9.82. The van der Waals surface area contributed by atoms with Gasteiger partial charge in [0.2, 0.25) is 11.6 Å². The van der Waals surface area contributed by atoms with Crippen molar-refractivity contribution < 1.29 is 9.30 Å². The summed E-state index contributed by atoms with van der Waals surface area (Å²) in [5.41, 5.74) is 7.57. The molecule has 0 saturated carbocycles. The third kappa shape index (κ3) is 3.96. The Hall–Kier alpha value is -3.46. The highest BCUT2D eigenvalue weighted by atomic mass is 16.5. The molecule has 0 atom stereocenters. The first kappa shape index (κ1) is 23.9. The number of fused-ring (bicyclic) bond motifs is 5. The molecule has 5 aromatic rings. The van der Waals surface area contributed by atoms with E-state index in [1.165, 1.54) is 49.5 Å². The Bertz CT molecular complexity index is 1730. The fraction of sp³-hybridized carbons (Fsp3) is 0.353. The van der Waals surface area contributed by atoms with Gasteiger partial charge in [0.25, 0.3) is 0 Å². The molecule has 1 aliphatic heterocycles. The molecule has 0 aliphatic carbocycles. The van der Waals surface area contributed by atoms with Gasteiger partial charge in [0.15, 0.2) is 6.20 Å². The smallest absolute Gasteiger partial charge is 0.234 e. The second-order valence-electron chi connectivity index (χ2n) is 13.3. The van der Waals surface area contributed by atoms with Crippen molar-refractivity contribution in [3.63, 3.8) is 0 Å². The van der Waals surface area contributed by atoms with Gasteiger partial charge in [-0.3, -0.25) is 0 Å². The van der Waals surface area contributed by atoms with E-state index >= 15 is 0 Å². The van der Waals surface area contributed by atoms with Crippen molar-refractivity contribution in [3.05, 3.63) is 71.4 Å². The summed E-state index contributed by atoms with van der Waals surface area (Å²) in [4.78, 5) is 5.18. The normalized spacial score (nSPS) is 13.3. The molecule has 6 rings (SSSR count). The van der Waals surface area contributed by atoms with Gasteiger partial charge in [0, 0.05) is 22.4 Å². The van der Waals surface area contributed by atoms with Gasteiger partial charge in [-0.25, -0.2) is 9.55 Å². The van der Waals surface area contributed by atoms with Crippen LogP contribution < -0.4 is 9.30 Å². The van der Waals surface area contributed by atoms with E-state index in [-0.39, 0.29) is 10.8 Å². The monoisotopic (exact) mass is 489 g/mol. The number of ether oxygens (including phenoxy) is 1. The highest BCUT2D eigenvalue weighted by Gasteiger charge is 2.35. The molecule has 0 radical (unpaired) electrons. The van der Waals surface area contributed by atoms with E-state index in [2.05, 4.69) is 115 Å². The summed E-state index contributed by atoms with van der Waals surface area (Å²) in [5, 5.41) is 6.06. The van der Waals surface area contributed by atoms with Crippen LogP contribution in [-0.4, -0.2) is 4.98 Å². The van der Waals surface area contributed by atoms with Gasteiger partial charge in [-0.15, -0.1) is 0 Å². The minimum absolute atomic E-state index is 0.113. The Kier molecular flexibility index (Phi) is 5.18. The number of aromatic nitrogens is 2. The maximum Gasteiger partial charge on any atom is 0.234 e. The summed E-state index contributed by atoms with van der Waals surface area (Å²) in [7, 11) is 2.14. The van der Waals surface area contributed by atoms with Crippen LogP contribution in [0.1, 0.15) is 58.2 Å². The van der Waals surface area contributed by atoms with E-state index in [0.717, 1.165) is 35.4 Å². The lowest BCUT2D eigenvalue weighted by Crippen LogP contribution is -2.32. The first-order valence-corrected chi connectivity index (χ1v) is 13.4. The number of nitrogens with zero attached hydrogens (tertiary/aromatic N) is 2. The van der Waals surface area contributed by atoms with E-state index in [1.807, 2.05) is 0 Å². The Morgan fingerprint density at radius 1 is 0.811 bits per heavy atom. The van der Waals surface area contributed by atoms with Gasteiger partial charge < -0.3 is 4.74 Å². The minimum Gasteiger partial charge on any atom is -0.437 e. The van der Waals surface area contributed by atoms with Crippen molar-refractivity contribution in [2.45, 2.75) is 61.3 Å². The Morgan fingerprint density at radius 2 is 1.51 bits per heavy atom. The van der Waals surface area contributed by atoms with Crippen molar-refractivity contribution >= 4 is 32.4 Å². The van der Waals surface area contributed by atoms with Gasteiger partial charge in [-0.1, -0.05) is 77.9 Å². The third-order valence-electron chi connectivity index (χ3n) is 7.52. The van der Waals surface area contributed by atoms with Crippen LogP contribution in [0.25, 0.3) is 43.7 Å². The summed E-state index contributed by atoms with van der Waals surface area (Å²) in [6.07, 6.45) is 4.13. The van der Waals surface area contributed by atoms with Crippen molar-refractivity contribution in [1.82, 2.24) is 4.98 Å². The van der Waals surface area contributed by atoms with Crippen LogP contribution in [0.4, 0.5) is 0 Å². The fourth-order valence-electron chi connectivity index (χ4n) is 6.10. The number of benzene rings is 3. The van der Waals surface area contributed by atoms with Crippen LogP contribution in [0, 0.1) is 17.8 Å². The number of aryl methyl sites for hydroxylation is 2. The van der Waals surface area contributed by atoms with Gasteiger partial charge in [0.1, 0.15) is 18.2 Å². The number of rotatable bonds is 2. The fourth-order valence-corrected chi connectivity index (χ4v) is 6.10. The highest BCUT2D eigenvalue weighted by Crippen LogP contribution is 2.51. The predicted molar refractivity (Wildman–Crippen MR) is 154 cm³/mol. The summed E-state index contributed by atoms with van der Waals surface area (Å²) in [5.74, 6) is 1.69. The van der Waals surface area contributed by atoms with Crippen LogP contribution in [-0.2, 0) is 19.9 Å². The second-order valence-corrected chi connectivity index (χ2v) is 13.3. The SMILES string of the molecule is Cc1c2c(c(CC(C)(C)C)c3ccccc13)Oc1nc3cc(CC(C)(C)C)ccc3c3cc[n+](C)c-2c13.